The number of alkyl halides is 1. The second-order valence-corrected chi connectivity index (χ2v) is 3.34. The van der Waals surface area contributed by atoms with E-state index in [1.54, 1.807) is 0 Å². The molecular weight excluding hydrogens is 229 g/mol. The first kappa shape index (κ1) is 12.0. The fraction of sp³-hybridized carbons (Fsp3) is 0.300. The molecule has 1 aromatic rings. The molecule has 0 unspecified atom stereocenters. The summed E-state index contributed by atoms with van der Waals surface area (Å²) in [5.74, 6) is -3.90. The van der Waals surface area contributed by atoms with Crippen LogP contribution in [0.3, 0.4) is 0 Å². The Kier molecular flexibility index (Phi) is 4.15. The Balaban J connectivity index is 2.94. The van der Waals surface area contributed by atoms with Gasteiger partial charge >= 0.3 is 0 Å². The Bertz CT molecular complexity index is 379. The van der Waals surface area contributed by atoms with Gasteiger partial charge in [-0.1, -0.05) is 0 Å². The van der Waals surface area contributed by atoms with E-state index in [1.165, 1.54) is 0 Å². The minimum atomic E-state index is -1.30. The fourth-order valence-electron chi connectivity index (χ4n) is 1.10. The summed E-state index contributed by atoms with van der Waals surface area (Å²) in [5, 5.41) is 0. The summed E-state index contributed by atoms with van der Waals surface area (Å²) in [7, 11) is 0. The van der Waals surface area contributed by atoms with Crippen LogP contribution in [0.1, 0.15) is 23.2 Å². The van der Waals surface area contributed by atoms with Gasteiger partial charge in [0.05, 0.1) is 5.56 Å². The highest BCUT2D eigenvalue weighted by Gasteiger charge is 2.15. The number of ketones is 1. The largest absolute Gasteiger partial charge is 0.294 e. The minimum absolute atomic E-state index is 0.0193. The van der Waals surface area contributed by atoms with Gasteiger partial charge in [0.1, 0.15) is 5.82 Å². The summed E-state index contributed by atoms with van der Waals surface area (Å²) >= 11 is 5.35. The molecular formula is C10H8ClF3O. The van der Waals surface area contributed by atoms with Crippen molar-refractivity contribution in [2.75, 3.05) is 5.88 Å². The average molecular weight is 237 g/mol. The third kappa shape index (κ3) is 2.96. The van der Waals surface area contributed by atoms with Gasteiger partial charge in [-0.05, 0) is 12.5 Å². The van der Waals surface area contributed by atoms with E-state index in [2.05, 4.69) is 0 Å². The van der Waals surface area contributed by atoms with Crippen molar-refractivity contribution >= 4 is 17.4 Å². The molecule has 0 amide bonds. The van der Waals surface area contributed by atoms with E-state index >= 15 is 0 Å². The maximum absolute atomic E-state index is 13.0. The van der Waals surface area contributed by atoms with Gasteiger partial charge in [-0.2, -0.15) is 0 Å². The van der Waals surface area contributed by atoms with Crippen molar-refractivity contribution in [1.29, 1.82) is 0 Å². The molecule has 5 heteroatoms. The molecule has 1 nitrogen and oxygen atoms in total. The number of carbonyl (C=O) groups is 1. The predicted molar refractivity (Wildman–Crippen MR) is 50.6 cm³/mol. The molecule has 1 rings (SSSR count). The van der Waals surface area contributed by atoms with Crippen LogP contribution < -0.4 is 0 Å². The number of hydrogen-bond donors (Lipinski definition) is 0. The van der Waals surface area contributed by atoms with E-state index in [9.17, 15) is 18.0 Å². The van der Waals surface area contributed by atoms with Crippen LogP contribution in [0.25, 0.3) is 0 Å². The van der Waals surface area contributed by atoms with Gasteiger partial charge in [-0.3, -0.25) is 4.79 Å². The lowest BCUT2D eigenvalue weighted by atomic mass is 10.1. The summed E-state index contributed by atoms with van der Waals surface area (Å²) in [4.78, 5) is 11.3. The summed E-state index contributed by atoms with van der Waals surface area (Å²) < 4.78 is 38.3. The van der Waals surface area contributed by atoms with Gasteiger partial charge in [0.15, 0.2) is 17.4 Å². The molecule has 0 aliphatic heterocycles. The summed E-state index contributed by atoms with van der Waals surface area (Å²) in [6, 6.07) is 0.935. The Hall–Kier alpha value is -1.03. The van der Waals surface area contributed by atoms with Crippen LogP contribution in [-0.2, 0) is 0 Å². The lowest BCUT2D eigenvalue weighted by Crippen LogP contribution is -2.04. The molecule has 0 aliphatic rings. The normalized spacial score (nSPS) is 10.4. The third-order valence-corrected chi connectivity index (χ3v) is 2.12. The molecule has 1 aromatic carbocycles. The molecule has 0 spiro atoms. The molecule has 0 aromatic heterocycles. The number of Topliss-reactive ketones (excluding diaryl/α,β-unsaturated/α-hetero) is 1. The first-order chi connectivity index (χ1) is 7.06. The van der Waals surface area contributed by atoms with E-state index < -0.39 is 28.8 Å². The smallest absolute Gasteiger partial charge is 0.165 e. The number of hydrogen-bond acceptors (Lipinski definition) is 1. The quantitative estimate of drug-likeness (QED) is 0.445. The standard InChI is InChI=1S/C10H8ClF3O/c11-3-1-2-10(15)6-4-8(13)9(14)5-7(6)12/h4-5H,1-3H2. The average Bonchev–Trinajstić information content (AvgIpc) is 2.20. The zero-order valence-corrected chi connectivity index (χ0v) is 8.45. The van der Waals surface area contributed by atoms with Crippen LogP contribution >= 0.6 is 11.6 Å². The van der Waals surface area contributed by atoms with Crippen molar-refractivity contribution in [3.63, 3.8) is 0 Å². The van der Waals surface area contributed by atoms with Gasteiger partial charge in [0, 0.05) is 18.4 Å². The molecule has 0 fully saturated rings. The van der Waals surface area contributed by atoms with Crippen molar-refractivity contribution in [3.05, 3.63) is 35.1 Å². The molecule has 0 N–H and O–H groups in total. The molecule has 0 saturated carbocycles. The summed E-state index contributed by atoms with van der Waals surface area (Å²) in [5.41, 5.74) is -0.431. The topological polar surface area (TPSA) is 17.1 Å². The van der Waals surface area contributed by atoms with Crippen molar-refractivity contribution in [3.8, 4) is 0 Å². The SMILES string of the molecule is O=C(CCCCl)c1cc(F)c(F)cc1F. The van der Waals surface area contributed by atoms with Crippen LogP contribution in [0.15, 0.2) is 12.1 Å². The van der Waals surface area contributed by atoms with Crippen LogP contribution in [0.2, 0.25) is 0 Å². The van der Waals surface area contributed by atoms with Gasteiger partial charge in [0.2, 0.25) is 0 Å². The Morgan fingerprint density at radius 2 is 1.73 bits per heavy atom. The predicted octanol–water partition coefficient (Wildman–Crippen LogP) is 3.31. The number of halogens is 4. The van der Waals surface area contributed by atoms with E-state index in [-0.39, 0.29) is 12.3 Å². The Labute approximate surface area is 89.9 Å². The zero-order valence-electron chi connectivity index (χ0n) is 7.70. The highest BCUT2D eigenvalue weighted by molar-refractivity contribution is 6.18. The van der Waals surface area contributed by atoms with Gasteiger partial charge in [-0.25, -0.2) is 13.2 Å². The lowest BCUT2D eigenvalue weighted by molar-refractivity contribution is 0.0977. The highest BCUT2D eigenvalue weighted by atomic mass is 35.5. The number of carbonyl (C=O) groups excluding carboxylic acids is 1. The van der Waals surface area contributed by atoms with E-state index in [1.807, 2.05) is 0 Å². The monoisotopic (exact) mass is 236 g/mol. The van der Waals surface area contributed by atoms with Crippen LogP contribution in [0, 0.1) is 17.5 Å². The molecule has 0 bridgehead atoms. The van der Waals surface area contributed by atoms with Crippen molar-refractivity contribution in [2.45, 2.75) is 12.8 Å². The van der Waals surface area contributed by atoms with Crippen LogP contribution in [0.5, 0.6) is 0 Å². The first-order valence-electron chi connectivity index (χ1n) is 4.30. The number of benzene rings is 1. The lowest BCUT2D eigenvalue weighted by Gasteiger charge is -2.02. The highest BCUT2D eigenvalue weighted by Crippen LogP contribution is 2.16. The maximum atomic E-state index is 13.0. The molecule has 15 heavy (non-hydrogen) atoms. The maximum Gasteiger partial charge on any atom is 0.165 e. The minimum Gasteiger partial charge on any atom is -0.294 e. The Morgan fingerprint density at radius 1 is 1.13 bits per heavy atom. The molecule has 82 valence electrons. The van der Waals surface area contributed by atoms with Crippen LogP contribution in [0.4, 0.5) is 13.2 Å². The summed E-state index contributed by atoms with van der Waals surface area (Å²) in [6.45, 7) is 0. The van der Waals surface area contributed by atoms with Gasteiger partial charge in [0.25, 0.3) is 0 Å². The second kappa shape index (κ2) is 5.16. The molecule has 0 heterocycles. The zero-order chi connectivity index (χ0) is 11.4. The molecule has 0 saturated heterocycles. The first-order valence-corrected chi connectivity index (χ1v) is 4.83. The molecule has 0 atom stereocenters. The summed E-state index contributed by atoms with van der Waals surface area (Å²) in [6.07, 6.45) is 0.393. The van der Waals surface area contributed by atoms with Crippen molar-refractivity contribution in [2.24, 2.45) is 0 Å². The van der Waals surface area contributed by atoms with Crippen molar-refractivity contribution in [1.82, 2.24) is 0 Å². The number of rotatable bonds is 4. The van der Waals surface area contributed by atoms with E-state index in [0.717, 1.165) is 0 Å². The fourth-order valence-corrected chi connectivity index (χ4v) is 1.23. The second-order valence-electron chi connectivity index (χ2n) is 2.96. The van der Waals surface area contributed by atoms with E-state index in [4.69, 9.17) is 11.6 Å². The van der Waals surface area contributed by atoms with Crippen LogP contribution in [-0.4, -0.2) is 11.7 Å². The van der Waals surface area contributed by atoms with Crippen molar-refractivity contribution < 1.29 is 18.0 Å². The third-order valence-electron chi connectivity index (χ3n) is 1.85. The van der Waals surface area contributed by atoms with Gasteiger partial charge in [-0.15, -0.1) is 11.6 Å². The van der Waals surface area contributed by atoms with Gasteiger partial charge < -0.3 is 0 Å². The molecule has 0 radical (unpaired) electrons. The Morgan fingerprint density at radius 3 is 2.33 bits per heavy atom. The molecule has 0 aliphatic carbocycles. The van der Waals surface area contributed by atoms with E-state index in [0.29, 0.717) is 18.6 Å².